The number of hydrogen-bond acceptors (Lipinski definition) is 5. The van der Waals surface area contributed by atoms with Gasteiger partial charge in [-0.2, -0.15) is 0 Å². The molecule has 0 saturated carbocycles. The van der Waals surface area contributed by atoms with Crippen molar-refractivity contribution in [3.63, 3.8) is 0 Å². The Hall–Kier alpha value is -3.80. The van der Waals surface area contributed by atoms with Crippen molar-refractivity contribution >= 4 is 28.4 Å². The fourth-order valence-electron chi connectivity index (χ4n) is 2.98. The molecule has 0 unspecified atom stereocenters. The topological polar surface area (TPSA) is 67.6 Å². The summed E-state index contributed by atoms with van der Waals surface area (Å²) in [5, 5.41) is 2.89. The molecule has 0 spiro atoms. The summed E-state index contributed by atoms with van der Waals surface area (Å²) in [7, 11) is 5.58. The zero-order valence-electron chi connectivity index (χ0n) is 16.5. The van der Waals surface area contributed by atoms with Crippen molar-refractivity contribution in [1.29, 1.82) is 0 Å². The standard InChI is InChI=1S/C23H21N3O3/c1-26(2)18-9-4-16(5-10-18)23-25-20-14-17(8-13-21(20)29-23)24-22(27)15-6-11-19(28-3)12-7-15/h4-14H,1-3H3,(H,24,27). The molecule has 0 atom stereocenters. The number of hydrogen-bond donors (Lipinski definition) is 1. The van der Waals surface area contributed by atoms with Crippen molar-refractivity contribution in [3.8, 4) is 17.2 Å². The average molecular weight is 387 g/mol. The molecule has 0 bridgehead atoms. The number of nitrogens with one attached hydrogen (secondary N) is 1. The molecule has 1 amide bonds. The number of benzene rings is 3. The maximum Gasteiger partial charge on any atom is 0.255 e. The van der Waals surface area contributed by atoms with Crippen LogP contribution < -0.4 is 15.0 Å². The van der Waals surface area contributed by atoms with Gasteiger partial charge in [-0.1, -0.05) is 0 Å². The Bertz CT molecular complexity index is 1150. The van der Waals surface area contributed by atoms with E-state index < -0.39 is 0 Å². The van der Waals surface area contributed by atoms with Crippen molar-refractivity contribution in [2.45, 2.75) is 0 Å². The Kier molecular flexibility index (Phi) is 4.91. The third-order valence-electron chi connectivity index (χ3n) is 4.63. The van der Waals surface area contributed by atoms with E-state index in [9.17, 15) is 4.79 Å². The van der Waals surface area contributed by atoms with Crippen LogP contribution >= 0.6 is 0 Å². The largest absolute Gasteiger partial charge is 0.497 e. The molecule has 0 aliphatic rings. The van der Waals surface area contributed by atoms with Crippen LogP contribution in [0.3, 0.4) is 0 Å². The molecule has 6 heteroatoms. The van der Waals surface area contributed by atoms with Crippen LogP contribution in [0.15, 0.2) is 71.1 Å². The maximum absolute atomic E-state index is 12.5. The molecule has 0 saturated heterocycles. The number of nitrogens with zero attached hydrogens (tertiary/aromatic N) is 2. The van der Waals surface area contributed by atoms with E-state index in [1.165, 1.54) is 0 Å². The van der Waals surface area contributed by atoms with Gasteiger partial charge in [0.15, 0.2) is 5.58 Å². The van der Waals surface area contributed by atoms with Gasteiger partial charge in [0.2, 0.25) is 5.89 Å². The van der Waals surface area contributed by atoms with Crippen molar-refractivity contribution < 1.29 is 13.9 Å². The van der Waals surface area contributed by atoms with E-state index in [-0.39, 0.29) is 5.91 Å². The van der Waals surface area contributed by atoms with E-state index in [0.29, 0.717) is 34.0 Å². The van der Waals surface area contributed by atoms with Gasteiger partial charge in [-0.15, -0.1) is 0 Å². The van der Waals surface area contributed by atoms with Crippen molar-refractivity contribution in [3.05, 3.63) is 72.3 Å². The van der Waals surface area contributed by atoms with E-state index in [1.54, 1.807) is 43.5 Å². The summed E-state index contributed by atoms with van der Waals surface area (Å²) in [4.78, 5) is 19.1. The van der Waals surface area contributed by atoms with Gasteiger partial charge in [0, 0.05) is 36.6 Å². The summed E-state index contributed by atoms with van der Waals surface area (Å²) < 4.78 is 11.0. The smallest absolute Gasteiger partial charge is 0.255 e. The quantitative estimate of drug-likeness (QED) is 0.532. The van der Waals surface area contributed by atoms with Gasteiger partial charge in [0.05, 0.1) is 7.11 Å². The monoisotopic (exact) mass is 387 g/mol. The zero-order valence-corrected chi connectivity index (χ0v) is 16.5. The lowest BCUT2D eigenvalue weighted by molar-refractivity contribution is 0.102. The second kappa shape index (κ2) is 7.67. The second-order valence-electron chi connectivity index (χ2n) is 6.83. The molecule has 0 aliphatic carbocycles. The minimum atomic E-state index is -0.199. The van der Waals surface area contributed by atoms with E-state index in [4.69, 9.17) is 9.15 Å². The molecular weight excluding hydrogens is 366 g/mol. The van der Waals surface area contributed by atoms with Crippen LogP contribution in [0.2, 0.25) is 0 Å². The first-order valence-corrected chi connectivity index (χ1v) is 9.17. The van der Waals surface area contributed by atoms with Gasteiger partial charge < -0.3 is 19.4 Å². The van der Waals surface area contributed by atoms with Gasteiger partial charge in [0.1, 0.15) is 11.3 Å². The molecule has 3 aromatic carbocycles. The molecular formula is C23H21N3O3. The summed E-state index contributed by atoms with van der Waals surface area (Å²) >= 11 is 0. The summed E-state index contributed by atoms with van der Waals surface area (Å²) in [6.07, 6.45) is 0. The van der Waals surface area contributed by atoms with E-state index >= 15 is 0 Å². The Labute approximate surface area is 168 Å². The maximum atomic E-state index is 12.5. The SMILES string of the molecule is COc1ccc(C(=O)Nc2ccc3oc(-c4ccc(N(C)C)cc4)nc3c2)cc1. The average Bonchev–Trinajstić information content (AvgIpc) is 3.17. The van der Waals surface area contributed by atoms with E-state index in [0.717, 1.165) is 11.3 Å². The summed E-state index contributed by atoms with van der Waals surface area (Å²) in [6.45, 7) is 0. The third kappa shape index (κ3) is 3.91. The van der Waals surface area contributed by atoms with Crippen LogP contribution in [0.25, 0.3) is 22.6 Å². The normalized spacial score (nSPS) is 10.7. The lowest BCUT2D eigenvalue weighted by Crippen LogP contribution is -2.11. The fraction of sp³-hybridized carbons (Fsp3) is 0.130. The number of amides is 1. The second-order valence-corrected chi connectivity index (χ2v) is 6.83. The highest BCUT2D eigenvalue weighted by molar-refractivity contribution is 6.05. The highest BCUT2D eigenvalue weighted by Gasteiger charge is 2.11. The summed E-state index contributed by atoms with van der Waals surface area (Å²) in [5.41, 5.74) is 4.56. The molecule has 0 radical (unpaired) electrons. The predicted octanol–water partition coefficient (Wildman–Crippen LogP) is 4.82. The first-order chi connectivity index (χ1) is 14.0. The molecule has 146 valence electrons. The first kappa shape index (κ1) is 18.6. The number of fused-ring (bicyclic) bond motifs is 1. The van der Waals surface area contributed by atoms with Crippen LogP contribution in [-0.2, 0) is 0 Å². The molecule has 0 aliphatic heterocycles. The number of carbonyl (C=O) groups excluding carboxylic acids is 1. The predicted molar refractivity (Wildman–Crippen MR) is 115 cm³/mol. The lowest BCUT2D eigenvalue weighted by atomic mass is 10.2. The minimum absolute atomic E-state index is 0.199. The summed E-state index contributed by atoms with van der Waals surface area (Å²) in [5.74, 6) is 1.05. The van der Waals surface area contributed by atoms with Crippen LogP contribution in [0, 0.1) is 0 Å². The Morgan fingerprint density at radius 3 is 2.38 bits per heavy atom. The van der Waals surface area contributed by atoms with Crippen molar-refractivity contribution in [1.82, 2.24) is 4.98 Å². The summed E-state index contributed by atoms with van der Waals surface area (Å²) in [6, 6.07) is 20.4. The Morgan fingerprint density at radius 1 is 1.00 bits per heavy atom. The number of anilines is 2. The first-order valence-electron chi connectivity index (χ1n) is 9.17. The highest BCUT2D eigenvalue weighted by atomic mass is 16.5. The van der Waals surface area contributed by atoms with Crippen LogP contribution in [-0.4, -0.2) is 32.1 Å². The number of ether oxygens (including phenoxy) is 1. The zero-order chi connectivity index (χ0) is 20.4. The van der Waals surface area contributed by atoms with Crippen molar-refractivity contribution in [2.24, 2.45) is 0 Å². The number of carbonyl (C=O) groups is 1. The van der Waals surface area contributed by atoms with Gasteiger partial charge >= 0.3 is 0 Å². The van der Waals surface area contributed by atoms with Crippen LogP contribution in [0.5, 0.6) is 5.75 Å². The Morgan fingerprint density at radius 2 is 1.72 bits per heavy atom. The molecule has 1 aromatic heterocycles. The molecule has 1 N–H and O–H groups in total. The van der Waals surface area contributed by atoms with Gasteiger partial charge in [-0.05, 0) is 66.7 Å². The van der Waals surface area contributed by atoms with Gasteiger partial charge in [-0.3, -0.25) is 4.79 Å². The van der Waals surface area contributed by atoms with E-state index in [2.05, 4.69) is 10.3 Å². The molecule has 4 rings (SSSR count). The third-order valence-corrected chi connectivity index (χ3v) is 4.63. The Balaban J connectivity index is 1.55. The number of oxazole rings is 1. The van der Waals surface area contributed by atoms with Gasteiger partial charge in [0.25, 0.3) is 5.91 Å². The fourth-order valence-corrected chi connectivity index (χ4v) is 2.98. The van der Waals surface area contributed by atoms with Crippen LogP contribution in [0.1, 0.15) is 10.4 Å². The molecule has 4 aromatic rings. The van der Waals surface area contributed by atoms with Crippen molar-refractivity contribution in [2.75, 3.05) is 31.4 Å². The molecule has 1 heterocycles. The number of methoxy groups -OCH3 is 1. The molecule has 0 fully saturated rings. The van der Waals surface area contributed by atoms with Gasteiger partial charge in [-0.25, -0.2) is 4.98 Å². The number of aromatic nitrogens is 1. The lowest BCUT2D eigenvalue weighted by Gasteiger charge is -2.11. The molecule has 6 nitrogen and oxygen atoms in total. The molecule has 29 heavy (non-hydrogen) atoms. The van der Waals surface area contributed by atoms with E-state index in [1.807, 2.05) is 49.3 Å². The highest BCUT2D eigenvalue weighted by Crippen LogP contribution is 2.27. The van der Waals surface area contributed by atoms with Crippen LogP contribution in [0.4, 0.5) is 11.4 Å². The number of rotatable bonds is 5. The minimum Gasteiger partial charge on any atom is -0.497 e.